The molecule has 0 radical (unpaired) electrons. The van der Waals surface area contributed by atoms with Gasteiger partial charge in [0.25, 0.3) is 0 Å². The van der Waals surface area contributed by atoms with Crippen molar-refractivity contribution in [3.8, 4) is 11.3 Å². The van der Waals surface area contributed by atoms with Crippen molar-refractivity contribution >= 4 is 5.97 Å². The molecule has 0 aliphatic rings. The largest absolute Gasteiger partial charge is 0.475 e. The molecule has 0 aliphatic carbocycles. The maximum absolute atomic E-state index is 10.6. The molecule has 1 aromatic carbocycles. The van der Waals surface area contributed by atoms with Gasteiger partial charge in [0, 0.05) is 5.56 Å². The Bertz CT molecular complexity index is 497. The number of furan rings is 1. The molecule has 2 aromatic rings. The lowest BCUT2D eigenvalue weighted by molar-refractivity contribution is 0.0663. The zero-order chi connectivity index (χ0) is 10.8. The van der Waals surface area contributed by atoms with Gasteiger partial charge < -0.3 is 9.52 Å². The molecule has 1 heterocycles. The van der Waals surface area contributed by atoms with Crippen molar-refractivity contribution in [2.45, 2.75) is 6.92 Å². The minimum atomic E-state index is -1.05. The average Bonchev–Trinajstić information content (AvgIpc) is 2.66. The summed E-state index contributed by atoms with van der Waals surface area (Å²) in [6, 6.07) is 10.8. The van der Waals surface area contributed by atoms with Crippen molar-refractivity contribution in [2.24, 2.45) is 0 Å². The molecule has 0 fully saturated rings. The smallest absolute Gasteiger partial charge is 0.371 e. The summed E-state index contributed by atoms with van der Waals surface area (Å²) < 4.78 is 5.19. The molecule has 0 bridgehead atoms. The predicted octanol–water partition coefficient (Wildman–Crippen LogP) is 2.95. The van der Waals surface area contributed by atoms with E-state index >= 15 is 0 Å². The molecule has 76 valence electrons. The van der Waals surface area contributed by atoms with Crippen molar-refractivity contribution < 1.29 is 14.3 Å². The first-order chi connectivity index (χ1) is 7.16. The number of hydrogen-bond acceptors (Lipinski definition) is 2. The van der Waals surface area contributed by atoms with Gasteiger partial charge in [-0.1, -0.05) is 23.8 Å². The molecule has 0 amide bonds. The second-order valence-corrected chi connectivity index (χ2v) is 3.34. The molecule has 3 heteroatoms. The van der Waals surface area contributed by atoms with Gasteiger partial charge in [0.15, 0.2) is 0 Å². The van der Waals surface area contributed by atoms with Gasteiger partial charge in [-0.2, -0.15) is 0 Å². The Morgan fingerprint density at radius 1 is 1.27 bits per heavy atom. The van der Waals surface area contributed by atoms with E-state index in [-0.39, 0.29) is 5.76 Å². The van der Waals surface area contributed by atoms with E-state index in [1.807, 2.05) is 31.2 Å². The lowest BCUT2D eigenvalue weighted by atomic mass is 10.1. The molecule has 2 rings (SSSR count). The van der Waals surface area contributed by atoms with Gasteiger partial charge in [0.1, 0.15) is 5.76 Å². The monoisotopic (exact) mass is 202 g/mol. The summed E-state index contributed by atoms with van der Waals surface area (Å²) in [6.45, 7) is 1.98. The molecule has 0 saturated heterocycles. The van der Waals surface area contributed by atoms with Crippen molar-refractivity contribution in [3.63, 3.8) is 0 Å². The molecule has 1 aromatic heterocycles. The Kier molecular flexibility index (Phi) is 2.29. The molecule has 0 aliphatic heterocycles. The number of benzene rings is 1. The highest BCUT2D eigenvalue weighted by Crippen LogP contribution is 2.22. The second-order valence-electron chi connectivity index (χ2n) is 3.34. The molecule has 0 saturated carbocycles. The number of carboxylic acids is 1. The highest BCUT2D eigenvalue weighted by atomic mass is 16.4. The number of aryl methyl sites for hydroxylation is 1. The van der Waals surface area contributed by atoms with Crippen molar-refractivity contribution in [1.82, 2.24) is 0 Å². The molecule has 0 spiro atoms. The van der Waals surface area contributed by atoms with E-state index < -0.39 is 5.97 Å². The summed E-state index contributed by atoms with van der Waals surface area (Å²) in [4.78, 5) is 10.6. The zero-order valence-electron chi connectivity index (χ0n) is 8.23. The summed E-state index contributed by atoms with van der Waals surface area (Å²) in [7, 11) is 0. The quantitative estimate of drug-likeness (QED) is 0.814. The van der Waals surface area contributed by atoms with Gasteiger partial charge in [-0.15, -0.1) is 0 Å². The van der Waals surface area contributed by atoms with Gasteiger partial charge in [-0.3, -0.25) is 0 Å². The van der Waals surface area contributed by atoms with E-state index in [4.69, 9.17) is 9.52 Å². The first-order valence-corrected chi connectivity index (χ1v) is 4.57. The maximum atomic E-state index is 10.6. The average molecular weight is 202 g/mol. The van der Waals surface area contributed by atoms with Crippen LogP contribution in [0.4, 0.5) is 0 Å². The lowest BCUT2D eigenvalue weighted by Crippen LogP contribution is -1.91. The van der Waals surface area contributed by atoms with E-state index in [2.05, 4.69) is 0 Å². The van der Waals surface area contributed by atoms with Gasteiger partial charge in [0.05, 0.1) is 0 Å². The van der Waals surface area contributed by atoms with Crippen LogP contribution in [0.2, 0.25) is 0 Å². The maximum Gasteiger partial charge on any atom is 0.371 e. The minimum Gasteiger partial charge on any atom is -0.475 e. The predicted molar refractivity (Wildman–Crippen MR) is 55.8 cm³/mol. The van der Waals surface area contributed by atoms with Gasteiger partial charge in [0.2, 0.25) is 5.76 Å². The van der Waals surface area contributed by atoms with E-state index in [1.54, 1.807) is 6.07 Å². The molecule has 3 nitrogen and oxygen atoms in total. The van der Waals surface area contributed by atoms with Crippen LogP contribution in [-0.2, 0) is 0 Å². The van der Waals surface area contributed by atoms with Crippen LogP contribution in [0.1, 0.15) is 16.1 Å². The minimum absolute atomic E-state index is 0.0356. The summed E-state index contributed by atoms with van der Waals surface area (Å²) in [5.41, 5.74) is 2.00. The highest BCUT2D eigenvalue weighted by molar-refractivity contribution is 5.85. The third kappa shape index (κ3) is 1.91. The first-order valence-electron chi connectivity index (χ1n) is 4.57. The third-order valence-electron chi connectivity index (χ3n) is 2.12. The van der Waals surface area contributed by atoms with Gasteiger partial charge in [-0.25, -0.2) is 4.79 Å². The molecular weight excluding hydrogens is 192 g/mol. The van der Waals surface area contributed by atoms with E-state index in [0.717, 1.165) is 11.1 Å². The number of aromatic carboxylic acids is 1. The van der Waals surface area contributed by atoms with Crippen LogP contribution in [0.15, 0.2) is 40.8 Å². The standard InChI is InChI=1S/C12H10O3/c1-8-3-2-4-9(7-8)10-5-6-11(15-10)12(13)14/h2-7H,1H3,(H,13,14). The van der Waals surface area contributed by atoms with Crippen LogP contribution in [0.5, 0.6) is 0 Å². The third-order valence-corrected chi connectivity index (χ3v) is 2.12. The SMILES string of the molecule is Cc1cccc(-c2ccc(C(=O)O)o2)c1. The van der Waals surface area contributed by atoms with Crippen molar-refractivity contribution in [2.75, 3.05) is 0 Å². The van der Waals surface area contributed by atoms with Crippen molar-refractivity contribution in [3.05, 3.63) is 47.7 Å². The van der Waals surface area contributed by atoms with Crippen LogP contribution in [0.25, 0.3) is 11.3 Å². The zero-order valence-corrected chi connectivity index (χ0v) is 8.23. The van der Waals surface area contributed by atoms with Gasteiger partial charge in [-0.05, 0) is 25.1 Å². The van der Waals surface area contributed by atoms with Crippen LogP contribution in [-0.4, -0.2) is 11.1 Å². The Hall–Kier alpha value is -2.03. The van der Waals surface area contributed by atoms with Crippen LogP contribution in [0, 0.1) is 6.92 Å². The normalized spacial score (nSPS) is 10.2. The number of hydrogen-bond donors (Lipinski definition) is 1. The Morgan fingerprint density at radius 2 is 2.07 bits per heavy atom. The molecule has 1 N–H and O–H groups in total. The Labute approximate surface area is 87.0 Å². The number of carbonyl (C=O) groups is 1. The van der Waals surface area contributed by atoms with Crippen LogP contribution >= 0.6 is 0 Å². The fraction of sp³-hybridized carbons (Fsp3) is 0.0833. The number of rotatable bonds is 2. The Morgan fingerprint density at radius 3 is 2.67 bits per heavy atom. The summed E-state index contributed by atoms with van der Waals surface area (Å²) >= 11 is 0. The van der Waals surface area contributed by atoms with Crippen LogP contribution < -0.4 is 0 Å². The summed E-state index contributed by atoms with van der Waals surface area (Å²) in [5, 5.41) is 8.71. The summed E-state index contributed by atoms with van der Waals surface area (Å²) in [5.74, 6) is -0.503. The van der Waals surface area contributed by atoms with E-state index in [9.17, 15) is 4.79 Å². The van der Waals surface area contributed by atoms with Crippen LogP contribution in [0.3, 0.4) is 0 Å². The Balaban J connectivity index is 2.41. The fourth-order valence-electron chi connectivity index (χ4n) is 1.41. The molecular formula is C12H10O3. The molecule has 15 heavy (non-hydrogen) atoms. The second kappa shape index (κ2) is 3.61. The van der Waals surface area contributed by atoms with Crippen molar-refractivity contribution in [1.29, 1.82) is 0 Å². The summed E-state index contributed by atoms with van der Waals surface area (Å²) in [6.07, 6.45) is 0. The van der Waals surface area contributed by atoms with E-state index in [0.29, 0.717) is 5.76 Å². The lowest BCUT2D eigenvalue weighted by Gasteiger charge is -1.97. The fourth-order valence-corrected chi connectivity index (χ4v) is 1.41. The topological polar surface area (TPSA) is 50.4 Å². The molecule has 0 atom stereocenters. The van der Waals surface area contributed by atoms with Gasteiger partial charge >= 0.3 is 5.97 Å². The molecule has 0 unspecified atom stereocenters. The first kappa shape index (κ1) is 9.52. The highest BCUT2D eigenvalue weighted by Gasteiger charge is 2.09. The number of carboxylic acid groups (broad SMARTS) is 1. The van der Waals surface area contributed by atoms with E-state index in [1.165, 1.54) is 6.07 Å².